The molecule has 2 nitrogen and oxygen atoms in total. The van der Waals surface area contributed by atoms with Gasteiger partial charge in [0.1, 0.15) is 11.5 Å². The van der Waals surface area contributed by atoms with Gasteiger partial charge in [-0.15, -0.1) is 0 Å². The van der Waals surface area contributed by atoms with Crippen LogP contribution in [0.2, 0.25) is 0 Å². The number of ether oxygens (including phenoxy) is 1. The van der Waals surface area contributed by atoms with E-state index in [0.717, 1.165) is 45.1 Å². The van der Waals surface area contributed by atoms with Gasteiger partial charge in [0.25, 0.3) is 0 Å². The quantitative estimate of drug-likeness (QED) is 0.170. The Morgan fingerprint density at radius 1 is 0.375 bits per heavy atom. The molecule has 9 aromatic rings. The molecule has 264 valence electrons. The van der Waals surface area contributed by atoms with Crippen LogP contribution in [0.1, 0.15) is 23.6 Å². The van der Waals surface area contributed by atoms with E-state index >= 15 is 0 Å². The molecule has 0 aromatic heterocycles. The fourth-order valence-corrected chi connectivity index (χ4v) is 9.18. The predicted octanol–water partition coefficient (Wildman–Crippen LogP) is 14.8. The van der Waals surface area contributed by atoms with E-state index in [1.807, 2.05) is 6.07 Å². The van der Waals surface area contributed by atoms with Crippen LogP contribution >= 0.6 is 0 Å². The van der Waals surface area contributed by atoms with Crippen LogP contribution < -0.4 is 9.64 Å². The van der Waals surface area contributed by atoms with Gasteiger partial charge >= 0.3 is 0 Å². The molecule has 2 aliphatic rings. The van der Waals surface area contributed by atoms with Crippen molar-refractivity contribution < 1.29 is 4.74 Å². The molecule has 1 heterocycles. The monoisotopic (exact) mass is 715 g/mol. The lowest BCUT2D eigenvalue weighted by Crippen LogP contribution is -2.23. The van der Waals surface area contributed by atoms with E-state index in [1.54, 1.807) is 0 Å². The third-order valence-corrected chi connectivity index (χ3v) is 11.9. The maximum Gasteiger partial charge on any atom is 0.135 e. The van der Waals surface area contributed by atoms with E-state index in [4.69, 9.17) is 4.74 Å². The zero-order valence-corrected chi connectivity index (χ0v) is 31.0. The molecule has 0 radical (unpaired) electrons. The lowest BCUT2D eigenvalue weighted by Gasteiger charge is -2.31. The normalized spacial score (nSPS) is 13.0. The molecule has 0 unspecified atom stereocenters. The Labute approximate surface area is 327 Å². The number of benzene rings is 9. The highest BCUT2D eigenvalue weighted by molar-refractivity contribution is 6.06. The van der Waals surface area contributed by atoms with E-state index in [9.17, 15) is 0 Å². The molecule has 0 atom stereocenters. The van der Waals surface area contributed by atoms with Crippen LogP contribution in [0, 0.1) is 0 Å². The number of para-hydroxylation sites is 1. The minimum Gasteiger partial charge on any atom is -0.456 e. The fraction of sp³-hybridized carbons (Fsp3) is 0.0370. The van der Waals surface area contributed by atoms with Gasteiger partial charge in [-0.2, -0.15) is 0 Å². The average Bonchev–Trinajstić information content (AvgIpc) is 3.53. The molecule has 56 heavy (non-hydrogen) atoms. The zero-order chi connectivity index (χ0) is 37.2. The van der Waals surface area contributed by atoms with Crippen molar-refractivity contribution in [3.05, 3.63) is 223 Å². The summed E-state index contributed by atoms with van der Waals surface area (Å²) in [6.07, 6.45) is 0. The van der Waals surface area contributed by atoms with E-state index in [2.05, 4.69) is 212 Å². The molecule has 0 bridgehead atoms. The van der Waals surface area contributed by atoms with Crippen molar-refractivity contribution in [3.8, 4) is 56.0 Å². The van der Waals surface area contributed by atoms with Crippen molar-refractivity contribution in [1.82, 2.24) is 0 Å². The van der Waals surface area contributed by atoms with Crippen molar-refractivity contribution in [2.24, 2.45) is 0 Å². The number of hydrogen-bond acceptors (Lipinski definition) is 2. The Morgan fingerprint density at radius 2 is 0.964 bits per heavy atom. The smallest absolute Gasteiger partial charge is 0.135 e. The number of fused-ring (bicyclic) bond motifs is 5. The standard InChI is InChI=1S/C54H37NO/c1-54(49-24-8-5-21-45(49)46-22-6-9-25-50(46)54)41-18-13-20-44(35-41)55(42-30-28-37(29-31-42)36-14-3-2-4-15-36)43-19-11-16-38(33-43)40-32-39-17-12-27-52-53(39)48(34-40)47-23-7-10-26-51(47)56-52/h2-35H,1H3. The van der Waals surface area contributed by atoms with Gasteiger partial charge in [-0.25, -0.2) is 0 Å². The van der Waals surface area contributed by atoms with Crippen LogP contribution in [0.5, 0.6) is 11.5 Å². The van der Waals surface area contributed by atoms with Crippen LogP contribution in [0.4, 0.5) is 17.1 Å². The summed E-state index contributed by atoms with van der Waals surface area (Å²) in [6, 6.07) is 74.9. The number of rotatable bonds is 6. The Bertz CT molecular complexity index is 2920. The molecular weight excluding hydrogens is 679 g/mol. The van der Waals surface area contributed by atoms with Gasteiger partial charge in [0, 0.05) is 33.4 Å². The van der Waals surface area contributed by atoms with Gasteiger partial charge in [0.2, 0.25) is 0 Å². The lowest BCUT2D eigenvalue weighted by atomic mass is 9.74. The second-order valence-corrected chi connectivity index (χ2v) is 15.0. The molecule has 1 aliphatic heterocycles. The topological polar surface area (TPSA) is 12.5 Å². The van der Waals surface area contributed by atoms with Crippen molar-refractivity contribution in [2.45, 2.75) is 12.3 Å². The lowest BCUT2D eigenvalue weighted by molar-refractivity contribution is 0.487. The highest BCUT2D eigenvalue weighted by atomic mass is 16.5. The van der Waals surface area contributed by atoms with Crippen LogP contribution in [0.15, 0.2) is 206 Å². The highest BCUT2D eigenvalue weighted by Crippen LogP contribution is 2.53. The third kappa shape index (κ3) is 5.03. The number of nitrogens with zero attached hydrogens (tertiary/aromatic N) is 1. The Morgan fingerprint density at radius 3 is 1.73 bits per heavy atom. The van der Waals surface area contributed by atoms with Gasteiger partial charge in [-0.3, -0.25) is 0 Å². The summed E-state index contributed by atoms with van der Waals surface area (Å²) in [5.74, 6) is 1.80. The largest absolute Gasteiger partial charge is 0.456 e. The van der Waals surface area contributed by atoms with Gasteiger partial charge in [0.05, 0.1) is 0 Å². The second-order valence-electron chi connectivity index (χ2n) is 15.0. The highest BCUT2D eigenvalue weighted by Gasteiger charge is 2.40. The summed E-state index contributed by atoms with van der Waals surface area (Å²) in [4.78, 5) is 2.41. The van der Waals surface area contributed by atoms with Crippen LogP contribution in [-0.2, 0) is 5.41 Å². The van der Waals surface area contributed by atoms with Crippen LogP contribution in [0.3, 0.4) is 0 Å². The maximum absolute atomic E-state index is 6.37. The van der Waals surface area contributed by atoms with Gasteiger partial charge in [0.15, 0.2) is 0 Å². The molecule has 9 aromatic carbocycles. The van der Waals surface area contributed by atoms with Gasteiger partial charge < -0.3 is 9.64 Å². The van der Waals surface area contributed by atoms with Crippen molar-refractivity contribution in [2.75, 3.05) is 4.90 Å². The predicted molar refractivity (Wildman–Crippen MR) is 232 cm³/mol. The van der Waals surface area contributed by atoms with E-state index in [1.165, 1.54) is 55.5 Å². The molecule has 0 fully saturated rings. The summed E-state index contributed by atoms with van der Waals surface area (Å²) in [5.41, 5.74) is 16.6. The SMILES string of the molecule is CC1(c2cccc(N(c3ccc(-c4ccccc4)cc3)c3cccc(-c4cc5c6c(cccc6c4)Oc4ccccc4-5)c3)c2)c2ccccc2-c2ccccc21. The number of hydrogen-bond donors (Lipinski definition) is 0. The first-order valence-corrected chi connectivity index (χ1v) is 19.3. The second kappa shape index (κ2) is 12.7. The van der Waals surface area contributed by atoms with Gasteiger partial charge in [-0.1, -0.05) is 146 Å². The van der Waals surface area contributed by atoms with Crippen LogP contribution in [-0.4, -0.2) is 0 Å². The van der Waals surface area contributed by atoms with E-state index in [-0.39, 0.29) is 5.41 Å². The van der Waals surface area contributed by atoms with Crippen molar-refractivity contribution in [3.63, 3.8) is 0 Å². The van der Waals surface area contributed by atoms with E-state index < -0.39 is 0 Å². The minimum atomic E-state index is -0.306. The summed E-state index contributed by atoms with van der Waals surface area (Å²) in [7, 11) is 0. The minimum absolute atomic E-state index is 0.306. The first kappa shape index (κ1) is 32.3. The molecule has 0 saturated heterocycles. The zero-order valence-electron chi connectivity index (χ0n) is 31.0. The van der Waals surface area contributed by atoms with Crippen molar-refractivity contribution >= 4 is 27.8 Å². The van der Waals surface area contributed by atoms with Gasteiger partial charge in [-0.05, 0) is 129 Å². The Kier molecular flexibility index (Phi) is 7.33. The number of anilines is 3. The van der Waals surface area contributed by atoms with Crippen molar-refractivity contribution in [1.29, 1.82) is 0 Å². The third-order valence-electron chi connectivity index (χ3n) is 11.9. The molecule has 0 amide bonds. The molecule has 0 spiro atoms. The summed E-state index contributed by atoms with van der Waals surface area (Å²) < 4.78 is 6.37. The molecule has 1 aliphatic carbocycles. The first-order chi connectivity index (χ1) is 27.6. The summed E-state index contributed by atoms with van der Waals surface area (Å²) in [5, 5.41) is 2.33. The summed E-state index contributed by atoms with van der Waals surface area (Å²) >= 11 is 0. The Balaban J connectivity index is 1.08. The fourth-order valence-electron chi connectivity index (χ4n) is 9.18. The molecular formula is C54H37NO. The molecule has 2 heteroatoms. The van der Waals surface area contributed by atoms with E-state index in [0.29, 0.717) is 0 Å². The summed E-state index contributed by atoms with van der Waals surface area (Å²) in [6.45, 7) is 2.39. The molecule has 11 rings (SSSR count). The molecule has 0 N–H and O–H groups in total. The maximum atomic E-state index is 6.37. The Hall–Kier alpha value is -7.16. The molecule has 0 saturated carbocycles. The average molecular weight is 716 g/mol. The first-order valence-electron chi connectivity index (χ1n) is 19.3. The van der Waals surface area contributed by atoms with Crippen LogP contribution in [0.25, 0.3) is 55.3 Å².